The Morgan fingerprint density at radius 3 is 2.94 bits per heavy atom. The molecule has 6 heteroatoms. The molecule has 0 saturated carbocycles. The first kappa shape index (κ1) is 13.7. The van der Waals surface area contributed by atoms with E-state index in [1.165, 1.54) is 10.9 Å². The molecule has 0 bridgehead atoms. The van der Waals surface area contributed by atoms with E-state index in [9.17, 15) is 9.90 Å². The van der Waals surface area contributed by atoms with E-state index >= 15 is 0 Å². The summed E-state index contributed by atoms with van der Waals surface area (Å²) in [4.78, 5) is 15.7. The predicted octanol–water partition coefficient (Wildman–Crippen LogP) is 0.258. The fourth-order valence-corrected chi connectivity index (χ4v) is 1.42. The van der Waals surface area contributed by atoms with E-state index in [0.29, 0.717) is 12.0 Å². The van der Waals surface area contributed by atoms with E-state index in [-0.39, 0.29) is 31.4 Å². The fourth-order valence-electron chi connectivity index (χ4n) is 1.42. The molecule has 0 aromatic carbocycles. The molecule has 0 aliphatic rings. The van der Waals surface area contributed by atoms with Crippen molar-refractivity contribution >= 4 is 0 Å². The van der Waals surface area contributed by atoms with E-state index in [2.05, 4.69) is 4.98 Å². The number of hydrogen-bond donors (Lipinski definition) is 2. The standard InChI is InChI=1S/C11H18N2O4/c1-2-3-4-9-10(15)12-7-13(11(9)16)8-17-6-5-14/h7,14-15H,2-6,8H2,1H3. The van der Waals surface area contributed by atoms with Gasteiger partial charge in [-0.1, -0.05) is 13.3 Å². The Bertz CT molecular complexity index is 403. The van der Waals surface area contributed by atoms with Crippen LogP contribution in [0, 0.1) is 0 Å². The lowest BCUT2D eigenvalue weighted by Crippen LogP contribution is -2.25. The van der Waals surface area contributed by atoms with Crippen molar-refractivity contribution in [1.82, 2.24) is 9.55 Å². The predicted molar refractivity (Wildman–Crippen MR) is 61.8 cm³/mol. The van der Waals surface area contributed by atoms with Crippen LogP contribution < -0.4 is 5.56 Å². The van der Waals surface area contributed by atoms with E-state index in [1.54, 1.807) is 0 Å². The van der Waals surface area contributed by atoms with Crippen LogP contribution in [0.3, 0.4) is 0 Å². The molecule has 0 spiro atoms. The summed E-state index contributed by atoms with van der Waals surface area (Å²) in [7, 11) is 0. The van der Waals surface area contributed by atoms with Crippen LogP contribution >= 0.6 is 0 Å². The zero-order chi connectivity index (χ0) is 12.7. The number of nitrogens with zero attached hydrogens (tertiary/aromatic N) is 2. The second kappa shape index (κ2) is 7.03. The number of aromatic hydroxyl groups is 1. The first-order chi connectivity index (χ1) is 8.20. The Balaban J connectivity index is 2.82. The summed E-state index contributed by atoms with van der Waals surface area (Å²) >= 11 is 0. The minimum absolute atomic E-state index is 0.0335. The average molecular weight is 242 g/mol. The molecule has 0 amide bonds. The molecule has 0 atom stereocenters. The number of rotatable bonds is 7. The van der Waals surface area contributed by atoms with E-state index < -0.39 is 0 Å². The van der Waals surface area contributed by atoms with Gasteiger partial charge in [0.1, 0.15) is 13.1 Å². The highest BCUT2D eigenvalue weighted by atomic mass is 16.5. The summed E-state index contributed by atoms with van der Waals surface area (Å²) in [6.07, 6.45) is 3.51. The number of hydrogen-bond acceptors (Lipinski definition) is 5. The Morgan fingerprint density at radius 1 is 1.53 bits per heavy atom. The van der Waals surface area contributed by atoms with Crippen LogP contribution in [0.25, 0.3) is 0 Å². The van der Waals surface area contributed by atoms with Gasteiger partial charge in [-0.05, 0) is 12.8 Å². The van der Waals surface area contributed by atoms with Crippen LogP contribution in [0.1, 0.15) is 25.3 Å². The van der Waals surface area contributed by atoms with Gasteiger partial charge in [0, 0.05) is 0 Å². The summed E-state index contributed by atoms with van der Waals surface area (Å²) in [5.74, 6) is -0.207. The number of ether oxygens (including phenoxy) is 1. The zero-order valence-electron chi connectivity index (χ0n) is 9.93. The van der Waals surface area contributed by atoms with Gasteiger partial charge in [-0.25, -0.2) is 4.98 Å². The van der Waals surface area contributed by atoms with E-state index in [1.807, 2.05) is 6.92 Å². The molecule has 2 N–H and O–H groups in total. The molecule has 0 radical (unpaired) electrons. The van der Waals surface area contributed by atoms with Crippen molar-refractivity contribution in [3.05, 3.63) is 22.2 Å². The average Bonchev–Trinajstić information content (AvgIpc) is 2.32. The van der Waals surface area contributed by atoms with Gasteiger partial charge in [-0.15, -0.1) is 0 Å². The first-order valence-corrected chi connectivity index (χ1v) is 5.66. The number of aromatic nitrogens is 2. The first-order valence-electron chi connectivity index (χ1n) is 5.66. The lowest BCUT2D eigenvalue weighted by atomic mass is 10.1. The molecule has 17 heavy (non-hydrogen) atoms. The summed E-state index contributed by atoms with van der Waals surface area (Å²) < 4.78 is 6.32. The monoisotopic (exact) mass is 242 g/mol. The minimum atomic E-state index is -0.288. The Hall–Kier alpha value is -1.40. The third-order valence-corrected chi connectivity index (χ3v) is 2.35. The van der Waals surface area contributed by atoms with Crippen molar-refractivity contribution in [3.8, 4) is 5.88 Å². The maximum atomic E-state index is 11.9. The van der Waals surface area contributed by atoms with Crippen LogP contribution in [0.4, 0.5) is 0 Å². The molecule has 1 heterocycles. The van der Waals surface area contributed by atoms with Crippen molar-refractivity contribution < 1.29 is 14.9 Å². The smallest absolute Gasteiger partial charge is 0.262 e. The van der Waals surface area contributed by atoms with Crippen molar-refractivity contribution in [2.75, 3.05) is 13.2 Å². The summed E-state index contributed by atoms with van der Waals surface area (Å²) in [5.41, 5.74) is 0.0332. The van der Waals surface area contributed by atoms with E-state index in [0.717, 1.165) is 12.8 Å². The highest BCUT2D eigenvalue weighted by Crippen LogP contribution is 2.10. The van der Waals surface area contributed by atoms with Crippen molar-refractivity contribution in [3.63, 3.8) is 0 Å². The Morgan fingerprint density at radius 2 is 2.29 bits per heavy atom. The maximum absolute atomic E-state index is 11.9. The van der Waals surface area contributed by atoms with Crippen LogP contribution in [-0.2, 0) is 17.9 Å². The van der Waals surface area contributed by atoms with Crippen LogP contribution in [0.15, 0.2) is 11.1 Å². The number of aliphatic hydroxyl groups is 1. The third-order valence-electron chi connectivity index (χ3n) is 2.35. The lowest BCUT2D eigenvalue weighted by Gasteiger charge is -2.08. The van der Waals surface area contributed by atoms with Gasteiger partial charge in [0.05, 0.1) is 18.8 Å². The molecule has 0 aliphatic carbocycles. The fraction of sp³-hybridized carbons (Fsp3) is 0.636. The van der Waals surface area contributed by atoms with Gasteiger partial charge in [0.2, 0.25) is 5.88 Å². The molecule has 0 unspecified atom stereocenters. The molecule has 0 aliphatic heterocycles. The van der Waals surface area contributed by atoms with Crippen LogP contribution in [-0.4, -0.2) is 33.0 Å². The second-order valence-corrected chi connectivity index (χ2v) is 3.69. The van der Waals surface area contributed by atoms with Gasteiger partial charge in [0.15, 0.2) is 0 Å². The third kappa shape index (κ3) is 3.83. The summed E-state index contributed by atoms with van der Waals surface area (Å²) in [6.45, 7) is 2.11. The van der Waals surface area contributed by atoms with Crippen molar-refractivity contribution in [1.29, 1.82) is 0 Å². The van der Waals surface area contributed by atoms with Gasteiger partial charge in [-0.2, -0.15) is 0 Å². The van der Waals surface area contributed by atoms with Crippen LogP contribution in [0.5, 0.6) is 5.88 Å². The van der Waals surface area contributed by atoms with Gasteiger partial charge in [0.25, 0.3) is 5.56 Å². The van der Waals surface area contributed by atoms with Crippen LogP contribution in [0.2, 0.25) is 0 Å². The highest BCUT2D eigenvalue weighted by Gasteiger charge is 2.10. The number of aliphatic hydroxyl groups excluding tert-OH is 1. The normalized spacial score (nSPS) is 10.7. The lowest BCUT2D eigenvalue weighted by molar-refractivity contribution is 0.0455. The van der Waals surface area contributed by atoms with Gasteiger partial charge in [-0.3, -0.25) is 9.36 Å². The summed E-state index contributed by atoms with van der Waals surface area (Å²) in [5, 5.41) is 18.1. The molecule has 0 fully saturated rings. The van der Waals surface area contributed by atoms with Crippen molar-refractivity contribution in [2.45, 2.75) is 32.9 Å². The Kier molecular flexibility index (Phi) is 5.65. The molecule has 1 aromatic rings. The van der Waals surface area contributed by atoms with Crippen molar-refractivity contribution in [2.24, 2.45) is 0 Å². The quantitative estimate of drug-likeness (QED) is 0.670. The van der Waals surface area contributed by atoms with Gasteiger partial charge >= 0.3 is 0 Å². The molecular weight excluding hydrogens is 224 g/mol. The van der Waals surface area contributed by atoms with Gasteiger partial charge < -0.3 is 14.9 Å². The molecule has 1 rings (SSSR count). The highest BCUT2D eigenvalue weighted by molar-refractivity contribution is 5.21. The molecule has 6 nitrogen and oxygen atoms in total. The maximum Gasteiger partial charge on any atom is 0.262 e. The molecule has 1 aromatic heterocycles. The number of unbranched alkanes of at least 4 members (excludes halogenated alkanes) is 1. The second-order valence-electron chi connectivity index (χ2n) is 3.69. The molecular formula is C11H18N2O4. The topological polar surface area (TPSA) is 84.6 Å². The minimum Gasteiger partial charge on any atom is -0.493 e. The Labute approximate surface area is 99.5 Å². The largest absolute Gasteiger partial charge is 0.493 e. The summed E-state index contributed by atoms with van der Waals surface area (Å²) in [6, 6.07) is 0. The molecule has 0 saturated heterocycles. The van der Waals surface area contributed by atoms with E-state index in [4.69, 9.17) is 9.84 Å². The molecule has 96 valence electrons. The zero-order valence-corrected chi connectivity index (χ0v) is 9.93. The SMILES string of the molecule is CCCCc1c(O)ncn(COCCO)c1=O.